The molecule has 0 aromatic heterocycles. The van der Waals surface area contributed by atoms with Gasteiger partial charge >= 0.3 is 12.9 Å². The van der Waals surface area contributed by atoms with E-state index in [1.807, 2.05) is 0 Å². The van der Waals surface area contributed by atoms with Crippen LogP contribution in [0.25, 0.3) is 0 Å². The van der Waals surface area contributed by atoms with Gasteiger partial charge in [-0.15, -0.1) is 5.46 Å². The third-order valence-corrected chi connectivity index (χ3v) is 2.21. The van der Waals surface area contributed by atoms with Crippen LogP contribution in [0.5, 0.6) is 0 Å². The standard InChI is InChI=1S/C9H7BF3O3/c1-5-7(4-14)2-6(9(15)16)3-8(5)10(11,12)13/h2-4H,1H3,(H,15,16)/q-1. The average Bonchev–Trinajstić information content (AvgIpc) is 2.15. The van der Waals surface area contributed by atoms with Crippen molar-refractivity contribution in [1.82, 2.24) is 0 Å². The number of rotatable bonds is 3. The number of halogens is 3. The quantitative estimate of drug-likeness (QED) is 0.634. The van der Waals surface area contributed by atoms with Crippen LogP contribution in [0.4, 0.5) is 12.9 Å². The summed E-state index contributed by atoms with van der Waals surface area (Å²) in [5, 5.41) is 8.61. The van der Waals surface area contributed by atoms with Gasteiger partial charge in [0.25, 0.3) is 0 Å². The molecular formula is C9H7BF3O3-. The van der Waals surface area contributed by atoms with Gasteiger partial charge in [-0.25, -0.2) is 4.79 Å². The molecule has 0 heterocycles. The number of hydrogen-bond acceptors (Lipinski definition) is 2. The Hall–Kier alpha value is -1.79. The molecule has 3 nitrogen and oxygen atoms in total. The zero-order valence-electron chi connectivity index (χ0n) is 8.21. The Labute approximate surface area is 88.9 Å². The Kier molecular flexibility index (Phi) is 3.07. The fraction of sp³-hybridized carbons (Fsp3) is 0.111. The molecule has 0 saturated carbocycles. The van der Waals surface area contributed by atoms with Gasteiger partial charge < -0.3 is 18.1 Å². The fourth-order valence-electron chi connectivity index (χ4n) is 1.35. The van der Waals surface area contributed by atoms with Crippen LogP contribution in [0.15, 0.2) is 12.1 Å². The first-order valence-corrected chi connectivity index (χ1v) is 4.30. The normalized spacial score (nSPS) is 11.2. The second kappa shape index (κ2) is 4.00. The van der Waals surface area contributed by atoms with Gasteiger partial charge in [0, 0.05) is 5.56 Å². The first-order chi connectivity index (χ1) is 7.27. The molecule has 86 valence electrons. The number of carbonyl (C=O) groups is 2. The summed E-state index contributed by atoms with van der Waals surface area (Å²) in [7, 11) is 0. The number of benzene rings is 1. The lowest BCUT2D eigenvalue weighted by Gasteiger charge is -2.19. The van der Waals surface area contributed by atoms with Gasteiger partial charge in [0.2, 0.25) is 0 Å². The number of aromatic carboxylic acids is 1. The number of aldehydes is 1. The van der Waals surface area contributed by atoms with Crippen molar-refractivity contribution < 1.29 is 27.6 Å². The van der Waals surface area contributed by atoms with E-state index in [0.29, 0.717) is 6.07 Å². The van der Waals surface area contributed by atoms with Crippen molar-refractivity contribution in [3.63, 3.8) is 0 Å². The highest BCUT2D eigenvalue weighted by molar-refractivity contribution is 6.74. The highest BCUT2D eigenvalue weighted by atomic mass is 19.4. The summed E-state index contributed by atoms with van der Waals surface area (Å²) in [6, 6.07) is 1.47. The minimum absolute atomic E-state index is 0.215. The molecule has 0 aliphatic heterocycles. The van der Waals surface area contributed by atoms with Gasteiger partial charge in [-0.3, -0.25) is 4.79 Å². The smallest absolute Gasteiger partial charge is 0.478 e. The zero-order valence-corrected chi connectivity index (χ0v) is 8.21. The largest absolute Gasteiger partial charge is 0.509 e. The molecule has 0 aliphatic carbocycles. The molecule has 0 saturated heterocycles. The predicted molar refractivity (Wildman–Crippen MR) is 52.2 cm³/mol. The van der Waals surface area contributed by atoms with Crippen LogP contribution < -0.4 is 5.46 Å². The molecule has 7 heteroatoms. The highest BCUT2D eigenvalue weighted by Gasteiger charge is 2.29. The lowest BCUT2D eigenvalue weighted by atomic mass is 9.75. The van der Waals surface area contributed by atoms with Gasteiger partial charge in [0.15, 0.2) is 0 Å². The molecular weight excluding hydrogens is 224 g/mol. The summed E-state index contributed by atoms with van der Waals surface area (Å²) < 4.78 is 37.7. The SMILES string of the molecule is Cc1c(C=O)cc(C(=O)O)cc1[B-](F)(F)F. The van der Waals surface area contributed by atoms with Crippen molar-refractivity contribution in [2.45, 2.75) is 6.92 Å². The average molecular weight is 231 g/mol. The maximum Gasteiger partial charge on any atom is 0.509 e. The first-order valence-electron chi connectivity index (χ1n) is 4.30. The van der Waals surface area contributed by atoms with E-state index in [1.165, 1.54) is 0 Å². The monoisotopic (exact) mass is 231 g/mol. The van der Waals surface area contributed by atoms with Crippen molar-refractivity contribution in [2.24, 2.45) is 0 Å². The van der Waals surface area contributed by atoms with Gasteiger partial charge in [0.05, 0.1) is 5.56 Å². The molecule has 0 bridgehead atoms. The highest BCUT2D eigenvalue weighted by Crippen LogP contribution is 2.16. The Morgan fingerprint density at radius 2 is 1.94 bits per heavy atom. The molecule has 0 aliphatic rings. The third-order valence-electron chi connectivity index (χ3n) is 2.21. The van der Waals surface area contributed by atoms with Crippen LogP contribution >= 0.6 is 0 Å². The molecule has 0 spiro atoms. The summed E-state index contributed by atoms with van der Waals surface area (Å²) in [6.07, 6.45) is 0.215. The molecule has 1 aromatic carbocycles. The van der Waals surface area contributed by atoms with E-state index >= 15 is 0 Å². The maximum absolute atomic E-state index is 12.6. The van der Waals surface area contributed by atoms with Crippen molar-refractivity contribution in [3.8, 4) is 0 Å². The van der Waals surface area contributed by atoms with Gasteiger partial charge in [-0.2, -0.15) is 0 Å². The second-order valence-corrected chi connectivity index (χ2v) is 3.28. The van der Waals surface area contributed by atoms with Crippen LogP contribution in [0, 0.1) is 6.92 Å². The van der Waals surface area contributed by atoms with E-state index in [1.54, 1.807) is 0 Å². The molecule has 0 unspecified atom stereocenters. The lowest BCUT2D eigenvalue weighted by molar-refractivity contribution is 0.0697. The van der Waals surface area contributed by atoms with Gasteiger partial charge in [0.1, 0.15) is 6.29 Å². The number of carboxylic acid groups (broad SMARTS) is 1. The van der Waals surface area contributed by atoms with E-state index in [2.05, 4.69) is 0 Å². The van der Waals surface area contributed by atoms with Crippen LogP contribution in [-0.4, -0.2) is 24.3 Å². The minimum atomic E-state index is -5.33. The summed E-state index contributed by atoms with van der Waals surface area (Å²) in [5.74, 6) is -1.50. The summed E-state index contributed by atoms with van der Waals surface area (Å²) in [4.78, 5) is 21.1. The second-order valence-electron chi connectivity index (χ2n) is 3.28. The summed E-state index contributed by atoms with van der Waals surface area (Å²) >= 11 is 0. The van der Waals surface area contributed by atoms with Crippen LogP contribution in [0.2, 0.25) is 0 Å². The third kappa shape index (κ3) is 2.24. The van der Waals surface area contributed by atoms with E-state index in [0.717, 1.165) is 13.0 Å². The Bertz CT molecular complexity index is 454. The van der Waals surface area contributed by atoms with Crippen LogP contribution in [0.1, 0.15) is 26.3 Å². The number of hydrogen-bond donors (Lipinski definition) is 1. The summed E-state index contributed by atoms with van der Waals surface area (Å²) in [6.45, 7) is -4.19. The molecule has 0 fully saturated rings. The minimum Gasteiger partial charge on any atom is -0.478 e. The predicted octanol–water partition coefficient (Wildman–Crippen LogP) is 1.56. The number of carboxylic acids is 1. The van der Waals surface area contributed by atoms with E-state index in [4.69, 9.17) is 5.11 Å². The van der Waals surface area contributed by atoms with E-state index in [9.17, 15) is 22.5 Å². The molecule has 0 amide bonds. The molecule has 1 aromatic rings. The molecule has 16 heavy (non-hydrogen) atoms. The number of carbonyl (C=O) groups excluding carboxylic acids is 1. The van der Waals surface area contributed by atoms with Crippen molar-refractivity contribution >= 4 is 24.7 Å². The maximum atomic E-state index is 12.6. The van der Waals surface area contributed by atoms with Gasteiger partial charge in [-0.1, -0.05) is 11.6 Å². The van der Waals surface area contributed by atoms with Crippen molar-refractivity contribution in [2.75, 3.05) is 0 Å². The summed E-state index contributed by atoms with van der Waals surface area (Å²) in [5.41, 5.74) is -2.08. The molecule has 1 rings (SSSR count). The fourth-order valence-corrected chi connectivity index (χ4v) is 1.35. The van der Waals surface area contributed by atoms with E-state index < -0.39 is 24.0 Å². The Morgan fingerprint density at radius 1 is 1.38 bits per heavy atom. The first kappa shape index (κ1) is 12.3. The molecule has 0 atom stereocenters. The Balaban J connectivity index is 3.54. The molecule has 1 N–H and O–H groups in total. The van der Waals surface area contributed by atoms with Crippen molar-refractivity contribution in [3.05, 3.63) is 28.8 Å². The zero-order chi connectivity index (χ0) is 12.5. The van der Waals surface area contributed by atoms with Crippen molar-refractivity contribution in [1.29, 1.82) is 0 Å². The topological polar surface area (TPSA) is 54.4 Å². The Morgan fingerprint density at radius 3 is 2.31 bits per heavy atom. The lowest BCUT2D eigenvalue weighted by Crippen LogP contribution is -2.37. The van der Waals surface area contributed by atoms with Crippen LogP contribution in [-0.2, 0) is 0 Å². The molecule has 0 radical (unpaired) electrons. The van der Waals surface area contributed by atoms with E-state index in [-0.39, 0.29) is 17.4 Å². The van der Waals surface area contributed by atoms with Gasteiger partial charge in [-0.05, 0) is 13.0 Å². The van der Waals surface area contributed by atoms with Crippen LogP contribution in [0.3, 0.4) is 0 Å².